The molecule has 94 valence electrons. The molecule has 0 unspecified atom stereocenters. The molecule has 0 N–H and O–H groups in total. The monoisotopic (exact) mass is 344 g/mol. The minimum absolute atomic E-state index is 0.433. The Kier molecular flexibility index (Phi) is 4.60. The quantitative estimate of drug-likeness (QED) is 0.717. The molecule has 1 aromatic carbocycles. The van der Waals surface area contributed by atoms with Gasteiger partial charge in [0, 0.05) is 15.6 Å². The third-order valence-electron chi connectivity index (χ3n) is 2.52. The van der Waals surface area contributed by atoms with E-state index < -0.39 is 0 Å². The van der Waals surface area contributed by atoms with Crippen LogP contribution in [-0.2, 0) is 6.42 Å². The molecule has 2 nitrogen and oxygen atoms in total. The normalized spacial score (nSPS) is 10.7. The molecule has 0 amide bonds. The van der Waals surface area contributed by atoms with Crippen molar-refractivity contribution in [2.45, 2.75) is 19.8 Å². The number of hydrogen-bond donors (Lipinski definition) is 0. The van der Waals surface area contributed by atoms with Crippen LogP contribution in [0.1, 0.15) is 18.9 Å². The minimum atomic E-state index is 0.433. The van der Waals surface area contributed by atoms with Gasteiger partial charge in [0.2, 0.25) is 0 Å². The molecular weight excluding hydrogens is 335 g/mol. The Morgan fingerprint density at radius 3 is 2.28 bits per heavy atom. The van der Waals surface area contributed by atoms with Gasteiger partial charge in [0.1, 0.15) is 10.3 Å². The molecule has 18 heavy (non-hydrogen) atoms. The molecule has 0 fully saturated rings. The molecule has 0 radical (unpaired) electrons. The fourth-order valence-electron chi connectivity index (χ4n) is 1.65. The summed E-state index contributed by atoms with van der Waals surface area (Å²) in [5.41, 5.74) is 1.70. The van der Waals surface area contributed by atoms with Crippen LogP contribution >= 0.6 is 39.1 Å². The Morgan fingerprint density at radius 2 is 1.72 bits per heavy atom. The van der Waals surface area contributed by atoms with Gasteiger partial charge >= 0.3 is 0 Å². The Labute approximate surface area is 124 Å². The number of halogens is 3. The van der Waals surface area contributed by atoms with Crippen LogP contribution in [0.25, 0.3) is 11.4 Å². The number of aromatic nitrogens is 2. The first-order valence-electron chi connectivity index (χ1n) is 5.60. The maximum absolute atomic E-state index is 6.16. The van der Waals surface area contributed by atoms with Crippen LogP contribution < -0.4 is 0 Å². The zero-order chi connectivity index (χ0) is 13.1. The zero-order valence-corrected chi connectivity index (χ0v) is 12.8. The third-order valence-corrected chi connectivity index (χ3v) is 3.84. The molecule has 1 heterocycles. The molecule has 1 aromatic heterocycles. The molecule has 0 aliphatic carbocycles. The fourth-order valence-corrected chi connectivity index (χ4v) is 2.69. The van der Waals surface area contributed by atoms with Crippen LogP contribution in [0.4, 0.5) is 0 Å². The lowest BCUT2D eigenvalue weighted by Gasteiger charge is -2.08. The molecule has 5 heteroatoms. The topological polar surface area (TPSA) is 25.8 Å². The van der Waals surface area contributed by atoms with E-state index in [0.29, 0.717) is 16.1 Å². The van der Waals surface area contributed by atoms with Gasteiger partial charge in [-0.1, -0.05) is 70.7 Å². The van der Waals surface area contributed by atoms with Gasteiger partial charge in [0.05, 0.1) is 0 Å². The maximum atomic E-state index is 6.16. The molecule has 0 saturated heterocycles. The van der Waals surface area contributed by atoms with Crippen LogP contribution in [-0.4, -0.2) is 9.97 Å². The summed E-state index contributed by atoms with van der Waals surface area (Å²) >= 11 is 15.8. The molecule has 0 atom stereocenters. The van der Waals surface area contributed by atoms with Crippen LogP contribution in [0, 0.1) is 0 Å². The molecular formula is C13H11BrCl2N2. The van der Waals surface area contributed by atoms with E-state index in [-0.39, 0.29) is 0 Å². The van der Waals surface area contributed by atoms with Crippen molar-refractivity contribution < 1.29 is 0 Å². The van der Waals surface area contributed by atoms with Gasteiger partial charge in [0.25, 0.3) is 0 Å². The van der Waals surface area contributed by atoms with E-state index >= 15 is 0 Å². The van der Waals surface area contributed by atoms with Crippen LogP contribution in [0.2, 0.25) is 10.3 Å². The van der Waals surface area contributed by atoms with Crippen molar-refractivity contribution in [2.75, 3.05) is 0 Å². The second-order valence-corrected chi connectivity index (χ2v) is 5.41. The van der Waals surface area contributed by atoms with Crippen molar-refractivity contribution in [3.05, 3.63) is 44.6 Å². The van der Waals surface area contributed by atoms with Crippen molar-refractivity contribution >= 4 is 39.1 Å². The summed E-state index contributed by atoms with van der Waals surface area (Å²) in [7, 11) is 0. The summed E-state index contributed by atoms with van der Waals surface area (Å²) < 4.78 is 0.917. The number of nitrogens with zero attached hydrogens (tertiary/aromatic N) is 2. The Morgan fingerprint density at radius 1 is 1.11 bits per heavy atom. The number of benzene rings is 1. The molecule has 0 aliphatic rings. The lowest BCUT2D eigenvalue weighted by molar-refractivity contribution is 0.903. The van der Waals surface area contributed by atoms with E-state index in [1.54, 1.807) is 0 Å². The highest BCUT2D eigenvalue weighted by atomic mass is 79.9. The van der Waals surface area contributed by atoms with E-state index in [2.05, 4.69) is 32.8 Å². The summed E-state index contributed by atoms with van der Waals surface area (Å²) in [4.78, 5) is 8.65. The van der Waals surface area contributed by atoms with Gasteiger partial charge in [0.15, 0.2) is 5.82 Å². The lowest BCUT2D eigenvalue weighted by Crippen LogP contribution is -1.97. The predicted octanol–water partition coefficient (Wildman–Crippen LogP) is 5.17. The van der Waals surface area contributed by atoms with Crippen molar-refractivity contribution in [1.29, 1.82) is 0 Å². The summed E-state index contributed by atoms with van der Waals surface area (Å²) in [6.07, 6.45) is 1.74. The van der Waals surface area contributed by atoms with E-state index in [1.807, 2.05) is 24.3 Å². The number of hydrogen-bond acceptors (Lipinski definition) is 2. The second-order valence-electron chi connectivity index (χ2n) is 3.84. The number of rotatable bonds is 3. The highest BCUT2D eigenvalue weighted by Gasteiger charge is 2.13. The van der Waals surface area contributed by atoms with E-state index in [0.717, 1.165) is 28.4 Å². The zero-order valence-electron chi connectivity index (χ0n) is 9.75. The SMILES string of the molecule is CCCc1c(Cl)nc(-c2ccccc2Br)nc1Cl. The van der Waals surface area contributed by atoms with Crippen LogP contribution in [0.3, 0.4) is 0 Å². The second kappa shape index (κ2) is 6.00. The van der Waals surface area contributed by atoms with Crippen molar-refractivity contribution in [1.82, 2.24) is 9.97 Å². The minimum Gasteiger partial charge on any atom is -0.216 e. The molecule has 2 rings (SSSR count). The van der Waals surface area contributed by atoms with Gasteiger partial charge in [-0.3, -0.25) is 0 Å². The van der Waals surface area contributed by atoms with Gasteiger partial charge in [-0.05, 0) is 12.5 Å². The van der Waals surface area contributed by atoms with E-state index in [1.165, 1.54) is 0 Å². The summed E-state index contributed by atoms with van der Waals surface area (Å²) in [6.45, 7) is 2.06. The van der Waals surface area contributed by atoms with E-state index in [4.69, 9.17) is 23.2 Å². The Bertz CT molecular complexity index is 550. The maximum Gasteiger partial charge on any atom is 0.163 e. The van der Waals surface area contributed by atoms with Crippen molar-refractivity contribution in [3.63, 3.8) is 0 Å². The largest absolute Gasteiger partial charge is 0.216 e. The lowest BCUT2D eigenvalue weighted by atomic mass is 10.2. The average molecular weight is 346 g/mol. The molecule has 2 aromatic rings. The average Bonchev–Trinajstić information content (AvgIpc) is 2.34. The van der Waals surface area contributed by atoms with Crippen molar-refractivity contribution in [3.8, 4) is 11.4 Å². The fraction of sp³-hybridized carbons (Fsp3) is 0.231. The van der Waals surface area contributed by atoms with Gasteiger partial charge in [-0.25, -0.2) is 9.97 Å². The molecule has 0 saturated carbocycles. The highest BCUT2D eigenvalue weighted by molar-refractivity contribution is 9.10. The summed E-state index contributed by atoms with van der Waals surface area (Å²) in [6, 6.07) is 7.71. The Balaban J connectivity index is 2.52. The smallest absolute Gasteiger partial charge is 0.163 e. The van der Waals surface area contributed by atoms with Gasteiger partial charge in [-0.15, -0.1) is 0 Å². The first-order chi connectivity index (χ1) is 8.63. The predicted molar refractivity (Wildman–Crippen MR) is 79.2 cm³/mol. The third kappa shape index (κ3) is 2.85. The molecule has 0 spiro atoms. The summed E-state index contributed by atoms with van der Waals surface area (Å²) in [5, 5.41) is 0.866. The van der Waals surface area contributed by atoms with Crippen molar-refractivity contribution in [2.24, 2.45) is 0 Å². The molecule has 0 aliphatic heterocycles. The van der Waals surface area contributed by atoms with Gasteiger partial charge < -0.3 is 0 Å². The standard InChI is InChI=1S/C13H11BrCl2N2/c1-2-5-9-11(15)17-13(18-12(9)16)8-6-3-4-7-10(8)14/h3-4,6-7H,2,5H2,1H3. The van der Waals surface area contributed by atoms with Gasteiger partial charge in [-0.2, -0.15) is 0 Å². The summed E-state index contributed by atoms with van der Waals surface area (Å²) in [5.74, 6) is 0.539. The highest BCUT2D eigenvalue weighted by Crippen LogP contribution is 2.30. The first-order valence-corrected chi connectivity index (χ1v) is 7.15. The van der Waals surface area contributed by atoms with Crippen LogP contribution in [0.15, 0.2) is 28.7 Å². The van der Waals surface area contributed by atoms with E-state index in [9.17, 15) is 0 Å². The Hall–Kier alpha value is -0.640. The molecule has 0 bridgehead atoms. The van der Waals surface area contributed by atoms with Crippen LogP contribution in [0.5, 0.6) is 0 Å². The first kappa shape index (κ1) is 13.8.